The highest BCUT2D eigenvalue weighted by molar-refractivity contribution is 8.00. The minimum absolute atomic E-state index is 0.121. The Kier molecular flexibility index (Phi) is 5.51. The summed E-state index contributed by atoms with van der Waals surface area (Å²) >= 11 is 1.36. The van der Waals surface area contributed by atoms with Crippen LogP contribution in [0.4, 0.5) is 0 Å². The molecular weight excluding hydrogens is 212 g/mol. The number of nitriles is 1. The molecule has 1 heterocycles. The fourth-order valence-corrected chi connectivity index (χ4v) is 2.30. The molecule has 1 atom stereocenters. The second kappa shape index (κ2) is 6.70. The number of hydrogen-bond donors (Lipinski definition) is 1. The zero-order valence-electron chi connectivity index (χ0n) is 8.69. The lowest BCUT2D eigenvalue weighted by atomic mass is 10.1. The van der Waals surface area contributed by atoms with E-state index in [9.17, 15) is 4.79 Å². The van der Waals surface area contributed by atoms with E-state index in [0.717, 1.165) is 25.9 Å². The largest absolute Gasteiger partial charge is 0.396 e. The number of carbonyl (C=O) groups excluding carboxylic acids is 1. The average molecular weight is 228 g/mol. The lowest BCUT2D eigenvalue weighted by molar-refractivity contribution is -0.127. The monoisotopic (exact) mass is 228 g/mol. The van der Waals surface area contributed by atoms with Gasteiger partial charge >= 0.3 is 0 Å². The minimum Gasteiger partial charge on any atom is -0.396 e. The van der Waals surface area contributed by atoms with Gasteiger partial charge in [0.05, 0.1) is 17.6 Å². The van der Waals surface area contributed by atoms with E-state index in [2.05, 4.69) is 0 Å². The highest BCUT2D eigenvalue weighted by Crippen LogP contribution is 2.19. The molecule has 0 aromatic rings. The summed E-state index contributed by atoms with van der Waals surface area (Å²) in [6, 6.07) is 2.00. The summed E-state index contributed by atoms with van der Waals surface area (Å²) in [6.07, 6.45) is 1.78. The number of amides is 1. The van der Waals surface area contributed by atoms with Gasteiger partial charge < -0.3 is 10.0 Å². The molecule has 1 aliphatic rings. The summed E-state index contributed by atoms with van der Waals surface area (Å²) in [5.74, 6) is 1.36. The quantitative estimate of drug-likeness (QED) is 0.695. The van der Waals surface area contributed by atoms with Crippen LogP contribution in [0.3, 0.4) is 0 Å². The maximum absolute atomic E-state index is 11.6. The smallest absolute Gasteiger partial charge is 0.232 e. The molecule has 1 unspecified atom stereocenters. The number of likely N-dealkylation sites (tertiary alicyclic amines) is 1. The van der Waals surface area contributed by atoms with E-state index in [1.165, 1.54) is 11.8 Å². The van der Waals surface area contributed by atoms with Gasteiger partial charge in [0.25, 0.3) is 0 Å². The fraction of sp³-hybridized carbons (Fsp3) is 0.800. The molecule has 0 saturated carbocycles. The number of nitrogens with zero attached hydrogens (tertiary/aromatic N) is 2. The molecule has 1 N–H and O–H groups in total. The van der Waals surface area contributed by atoms with Gasteiger partial charge in [0, 0.05) is 19.7 Å². The molecule has 0 aromatic carbocycles. The van der Waals surface area contributed by atoms with E-state index < -0.39 is 0 Å². The molecule has 1 amide bonds. The van der Waals surface area contributed by atoms with Gasteiger partial charge in [0.15, 0.2) is 0 Å². The van der Waals surface area contributed by atoms with E-state index in [0.29, 0.717) is 17.4 Å². The predicted molar refractivity (Wildman–Crippen MR) is 59.3 cm³/mol. The van der Waals surface area contributed by atoms with Gasteiger partial charge in [0.2, 0.25) is 5.91 Å². The third-order valence-electron chi connectivity index (χ3n) is 2.57. The normalized spacial score (nSPS) is 20.3. The Hall–Kier alpha value is -0.730. The van der Waals surface area contributed by atoms with Crippen LogP contribution in [0.5, 0.6) is 0 Å². The van der Waals surface area contributed by atoms with Crippen LogP contribution >= 0.6 is 11.8 Å². The lowest BCUT2D eigenvalue weighted by Gasteiger charge is -2.15. The van der Waals surface area contributed by atoms with E-state index in [-0.39, 0.29) is 12.5 Å². The molecule has 1 fully saturated rings. The van der Waals surface area contributed by atoms with Gasteiger partial charge in [-0.2, -0.15) is 5.26 Å². The SMILES string of the molecule is N#CCSCC(=O)N1CCC(CCO)C1. The standard InChI is InChI=1S/C10H16N2O2S/c11-3-6-15-8-10(14)12-4-1-9(7-12)2-5-13/h9,13H,1-2,4-8H2. The summed E-state index contributed by atoms with van der Waals surface area (Å²) in [6.45, 7) is 1.78. The van der Waals surface area contributed by atoms with Gasteiger partial charge in [-0.1, -0.05) is 0 Å². The third-order valence-corrected chi connectivity index (χ3v) is 3.35. The van der Waals surface area contributed by atoms with Crippen molar-refractivity contribution in [2.45, 2.75) is 12.8 Å². The van der Waals surface area contributed by atoms with Gasteiger partial charge in [0.1, 0.15) is 0 Å². The molecule has 5 heteroatoms. The third kappa shape index (κ3) is 4.10. The van der Waals surface area contributed by atoms with Crippen molar-refractivity contribution in [3.8, 4) is 6.07 Å². The van der Waals surface area contributed by atoms with Gasteiger partial charge in [-0.15, -0.1) is 11.8 Å². The van der Waals surface area contributed by atoms with Crippen molar-refractivity contribution in [1.29, 1.82) is 5.26 Å². The number of carbonyl (C=O) groups is 1. The molecule has 0 aromatic heterocycles. The lowest BCUT2D eigenvalue weighted by Crippen LogP contribution is -2.30. The molecule has 1 aliphatic heterocycles. The highest BCUT2D eigenvalue weighted by atomic mass is 32.2. The summed E-state index contributed by atoms with van der Waals surface area (Å²) in [4.78, 5) is 13.4. The van der Waals surface area contributed by atoms with Crippen LogP contribution in [0.1, 0.15) is 12.8 Å². The van der Waals surface area contributed by atoms with Crippen LogP contribution in [-0.4, -0.2) is 47.1 Å². The van der Waals surface area contributed by atoms with Crippen molar-refractivity contribution < 1.29 is 9.90 Å². The number of rotatable bonds is 5. The predicted octanol–water partition coefficient (Wildman–Crippen LogP) is 0.474. The van der Waals surface area contributed by atoms with Gasteiger partial charge in [-0.25, -0.2) is 0 Å². The highest BCUT2D eigenvalue weighted by Gasteiger charge is 2.25. The maximum atomic E-state index is 11.6. The topological polar surface area (TPSA) is 64.3 Å². The molecular formula is C10H16N2O2S. The Morgan fingerprint density at radius 3 is 3.13 bits per heavy atom. The van der Waals surface area contributed by atoms with E-state index in [4.69, 9.17) is 10.4 Å². The van der Waals surface area contributed by atoms with Crippen LogP contribution < -0.4 is 0 Å². The van der Waals surface area contributed by atoms with Crippen molar-refractivity contribution in [2.24, 2.45) is 5.92 Å². The molecule has 84 valence electrons. The van der Waals surface area contributed by atoms with Crippen LogP contribution in [0.15, 0.2) is 0 Å². The van der Waals surface area contributed by atoms with Crippen LogP contribution in [0, 0.1) is 17.2 Å². The molecule has 1 rings (SSSR count). The molecule has 0 aliphatic carbocycles. The first-order chi connectivity index (χ1) is 7.27. The Morgan fingerprint density at radius 2 is 2.47 bits per heavy atom. The summed E-state index contributed by atoms with van der Waals surface area (Å²) in [7, 11) is 0. The second-order valence-corrected chi connectivity index (χ2v) is 4.64. The van der Waals surface area contributed by atoms with Crippen molar-refractivity contribution >= 4 is 17.7 Å². The number of aliphatic hydroxyl groups excluding tert-OH is 1. The van der Waals surface area contributed by atoms with Crippen molar-refractivity contribution in [2.75, 3.05) is 31.2 Å². The van der Waals surface area contributed by atoms with Gasteiger partial charge in [-0.05, 0) is 18.8 Å². The minimum atomic E-state index is 0.121. The summed E-state index contributed by atoms with van der Waals surface area (Å²) < 4.78 is 0. The molecule has 4 nitrogen and oxygen atoms in total. The molecule has 15 heavy (non-hydrogen) atoms. The van der Waals surface area contributed by atoms with Gasteiger partial charge in [-0.3, -0.25) is 4.79 Å². The Balaban J connectivity index is 2.21. The van der Waals surface area contributed by atoms with Crippen LogP contribution in [0.25, 0.3) is 0 Å². The zero-order valence-corrected chi connectivity index (χ0v) is 9.50. The van der Waals surface area contributed by atoms with Crippen molar-refractivity contribution in [3.05, 3.63) is 0 Å². The molecule has 0 bridgehead atoms. The van der Waals surface area contributed by atoms with Crippen LogP contribution in [0.2, 0.25) is 0 Å². The molecule has 0 radical (unpaired) electrons. The first kappa shape index (κ1) is 12.3. The summed E-state index contributed by atoms with van der Waals surface area (Å²) in [5.41, 5.74) is 0. The van der Waals surface area contributed by atoms with E-state index in [1.54, 1.807) is 0 Å². The van der Waals surface area contributed by atoms with Crippen molar-refractivity contribution in [3.63, 3.8) is 0 Å². The van der Waals surface area contributed by atoms with E-state index >= 15 is 0 Å². The molecule has 1 saturated heterocycles. The second-order valence-electron chi connectivity index (χ2n) is 3.66. The fourth-order valence-electron chi connectivity index (χ4n) is 1.75. The number of aliphatic hydroxyl groups is 1. The molecule has 0 spiro atoms. The van der Waals surface area contributed by atoms with E-state index in [1.807, 2.05) is 11.0 Å². The zero-order chi connectivity index (χ0) is 11.1. The van der Waals surface area contributed by atoms with Crippen molar-refractivity contribution in [1.82, 2.24) is 4.90 Å². The first-order valence-electron chi connectivity index (χ1n) is 5.11. The number of thioether (sulfide) groups is 1. The Bertz CT molecular complexity index is 252. The first-order valence-corrected chi connectivity index (χ1v) is 6.26. The Morgan fingerprint density at radius 1 is 1.67 bits per heavy atom. The number of hydrogen-bond acceptors (Lipinski definition) is 4. The Labute approximate surface area is 94.2 Å². The maximum Gasteiger partial charge on any atom is 0.232 e. The summed E-state index contributed by atoms with van der Waals surface area (Å²) in [5, 5.41) is 17.1. The average Bonchev–Trinajstić information content (AvgIpc) is 2.67. The van der Waals surface area contributed by atoms with Crippen LogP contribution in [-0.2, 0) is 4.79 Å².